The fourth-order valence-corrected chi connectivity index (χ4v) is 4.56. The van der Waals surface area contributed by atoms with Gasteiger partial charge in [0.25, 0.3) is 0 Å². The predicted molar refractivity (Wildman–Crippen MR) is 107 cm³/mol. The normalized spacial score (nSPS) is 16.9. The van der Waals surface area contributed by atoms with Crippen LogP contribution in [0.1, 0.15) is 19.0 Å². The van der Waals surface area contributed by atoms with Crippen LogP contribution >= 0.6 is 22.9 Å². The van der Waals surface area contributed by atoms with Crippen molar-refractivity contribution >= 4 is 44.7 Å². The monoisotopic (exact) mass is 386 g/mol. The molecule has 4 rings (SSSR count). The highest BCUT2D eigenvalue weighted by Gasteiger charge is 2.20. The van der Waals surface area contributed by atoms with Crippen LogP contribution in [0.3, 0.4) is 0 Å². The first kappa shape index (κ1) is 17.4. The summed E-state index contributed by atoms with van der Waals surface area (Å²) in [5, 5.41) is 16.7. The molecule has 1 atom stereocenters. The highest BCUT2D eigenvalue weighted by atomic mass is 35.5. The molecule has 0 bridgehead atoms. The van der Waals surface area contributed by atoms with Gasteiger partial charge < -0.3 is 10.6 Å². The summed E-state index contributed by atoms with van der Waals surface area (Å²) in [7, 11) is 0. The van der Waals surface area contributed by atoms with E-state index in [1.165, 1.54) is 6.92 Å². The summed E-state index contributed by atoms with van der Waals surface area (Å²) in [6, 6.07) is 9.94. The Kier molecular flexibility index (Phi) is 4.89. The van der Waals surface area contributed by atoms with Crippen molar-refractivity contribution in [3.05, 3.63) is 41.0 Å². The molecule has 134 valence electrons. The summed E-state index contributed by atoms with van der Waals surface area (Å²) in [6.45, 7) is 3.56. The van der Waals surface area contributed by atoms with Crippen molar-refractivity contribution in [2.24, 2.45) is 5.92 Å². The Morgan fingerprint density at radius 2 is 2.15 bits per heavy atom. The zero-order valence-electron chi connectivity index (χ0n) is 14.4. The van der Waals surface area contributed by atoms with Crippen LogP contribution in [0.2, 0.25) is 5.02 Å². The number of thiophene rings is 1. The molecular formula is C19H19ClN4OS. The number of anilines is 1. The van der Waals surface area contributed by atoms with E-state index in [-0.39, 0.29) is 5.91 Å². The van der Waals surface area contributed by atoms with Gasteiger partial charge >= 0.3 is 0 Å². The Morgan fingerprint density at radius 1 is 1.35 bits per heavy atom. The largest absolute Gasteiger partial charge is 0.316 e. The Labute approximate surface area is 160 Å². The number of hydrogen-bond acceptors (Lipinski definition) is 5. The summed E-state index contributed by atoms with van der Waals surface area (Å²) >= 11 is 7.63. The first-order valence-electron chi connectivity index (χ1n) is 8.63. The first-order chi connectivity index (χ1) is 12.6. The molecule has 1 aromatic carbocycles. The SMILES string of the molecule is CC(=O)Nc1nnc(CC2CCNC2)c2cc(-c3ccc(Cl)cc3)sc12. The van der Waals surface area contributed by atoms with Crippen LogP contribution in [0.5, 0.6) is 0 Å². The molecule has 26 heavy (non-hydrogen) atoms. The van der Waals surface area contributed by atoms with Crippen molar-refractivity contribution in [2.45, 2.75) is 19.8 Å². The molecule has 1 unspecified atom stereocenters. The third-order valence-corrected chi connectivity index (χ3v) is 6.04. The molecule has 0 spiro atoms. The summed E-state index contributed by atoms with van der Waals surface area (Å²) in [4.78, 5) is 12.7. The fourth-order valence-electron chi connectivity index (χ4n) is 3.31. The smallest absolute Gasteiger partial charge is 0.222 e. The Hall–Kier alpha value is -2.02. The van der Waals surface area contributed by atoms with Gasteiger partial charge in [-0.25, -0.2) is 0 Å². The van der Waals surface area contributed by atoms with E-state index in [9.17, 15) is 4.79 Å². The average Bonchev–Trinajstić information content (AvgIpc) is 3.27. The number of nitrogens with zero attached hydrogens (tertiary/aromatic N) is 2. The molecule has 0 saturated carbocycles. The minimum atomic E-state index is -0.144. The van der Waals surface area contributed by atoms with E-state index in [4.69, 9.17) is 11.6 Å². The Morgan fingerprint density at radius 3 is 2.85 bits per heavy atom. The van der Waals surface area contributed by atoms with Crippen molar-refractivity contribution < 1.29 is 4.79 Å². The summed E-state index contributed by atoms with van der Waals surface area (Å²) < 4.78 is 0.973. The van der Waals surface area contributed by atoms with Crippen LogP contribution in [-0.4, -0.2) is 29.2 Å². The Balaban J connectivity index is 1.79. The van der Waals surface area contributed by atoms with E-state index < -0.39 is 0 Å². The van der Waals surface area contributed by atoms with E-state index in [1.807, 2.05) is 24.3 Å². The number of carbonyl (C=O) groups is 1. The fraction of sp³-hybridized carbons (Fsp3) is 0.316. The third-order valence-electron chi connectivity index (χ3n) is 4.60. The number of fused-ring (bicyclic) bond motifs is 1. The van der Waals surface area contributed by atoms with Crippen LogP contribution < -0.4 is 10.6 Å². The molecule has 3 heterocycles. The molecular weight excluding hydrogens is 368 g/mol. The van der Waals surface area contributed by atoms with Crippen LogP contribution in [0.15, 0.2) is 30.3 Å². The highest BCUT2D eigenvalue weighted by molar-refractivity contribution is 7.22. The minimum Gasteiger partial charge on any atom is -0.316 e. The van der Waals surface area contributed by atoms with Crippen molar-refractivity contribution in [2.75, 3.05) is 18.4 Å². The van der Waals surface area contributed by atoms with Gasteiger partial charge in [-0.3, -0.25) is 4.79 Å². The summed E-state index contributed by atoms with van der Waals surface area (Å²) in [6.07, 6.45) is 2.05. The molecule has 0 aliphatic carbocycles. The minimum absolute atomic E-state index is 0.144. The quantitative estimate of drug-likeness (QED) is 0.707. The second-order valence-electron chi connectivity index (χ2n) is 6.60. The van der Waals surface area contributed by atoms with Gasteiger partial charge in [-0.15, -0.1) is 16.4 Å². The van der Waals surface area contributed by atoms with E-state index >= 15 is 0 Å². The maximum Gasteiger partial charge on any atom is 0.222 e. The van der Waals surface area contributed by atoms with Crippen molar-refractivity contribution in [1.82, 2.24) is 15.5 Å². The average molecular weight is 387 g/mol. The number of rotatable bonds is 4. The second-order valence-corrected chi connectivity index (χ2v) is 8.09. The Bertz CT molecular complexity index is 948. The van der Waals surface area contributed by atoms with Gasteiger partial charge in [-0.1, -0.05) is 23.7 Å². The van der Waals surface area contributed by atoms with Crippen LogP contribution in [0, 0.1) is 5.92 Å². The molecule has 2 N–H and O–H groups in total. The lowest BCUT2D eigenvalue weighted by Gasteiger charge is -2.09. The lowest BCUT2D eigenvalue weighted by molar-refractivity contribution is -0.114. The summed E-state index contributed by atoms with van der Waals surface area (Å²) in [5.41, 5.74) is 2.09. The van der Waals surface area contributed by atoms with Gasteiger partial charge in [0.2, 0.25) is 5.91 Å². The number of halogens is 1. The second kappa shape index (κ2) is 7.31. The van der Waals surface area contributed by atoms with E-state index in [1.54, 1.807) is 11.3 Å². The van der Waals surface area contributed by atoms with Gasteiger partial charge in [-0.2, -0.15) is 5.10 Å². The number of benzene rings is 1. The molecule has 1 fully saturated rings. The standard InChI is InChI=1S/C19H19ClN4OS/c1-11(25)22-19-18-15(16(23-24-19)8-12-6-7-21-10-12)9-17(26-18)13-2-4-14(20)5-3-13/h2-5,9,12,21H,6-8,10H2,1H3,(H,22,24,25). The first-order valence-corrected chi connectivity index (χ1v) is 9.83. The predicted octanol–water partition coefficient (Wildman–Crippen LogP) is 4.12. The lowest BCUT2D eigenvalue weighted by atomic mass is 10.0. The number of carbonyl (C=O) groups excluding carboxylic acids is 1. The van der Waals surface area contributed by atoms with Crippen LogP contribution in [0.4, 0.5) is 5.82 Å². The van der Waals surface area contributed by atoms with Crippen molar-refractivity contribution in [3.8, 4) is 10.4 Å². The number of nitrogens with one attached hydrogen (secondary N) is 2. The number of hydrogen-bond donors (Lipinski definition) is 2. The molecule has 0 radical (unpaired) electrons. The lowest BCUT2D eigenvalue weighted by Crippen LogP contribution is -2.13. The number of amides is 1. The maximum absolute atomic E-state index is 11.5. The van der Waals surface area contributed by atoms with E-state index in [0.717, 1.165) is 52.2 Å². The van der Waals surface area contributed by atoms with Gasteiger partial charge in [0.15, 0.2) is 5.82 Å². The van der Waals surface area contributed by atoms with Gasteiger partial charge in [0.05, 0.1) is 10.4 Å². The molecule has 1 aliphatic heterocycles. The zero-order valence-corrected chi connectivity index (χ0v) is 16.0. The van der Waals surface area contributed by atoms with Crippen molar-refractivity contribution in [1.29, 1.82) is 0 Å². The third kappa shape index (κ3) is 3.58. The molecule has 1 amide bonds. The molecule has 7 heteroatoms. The van der Waals surface area contributed by atoms with Gasteiger partial charge in [0, 0.05) is 22.2 Å². The molecule has 5 nitrogen and oxygen atoms in total. The van der Waals surface area contributed by atoms with Gasteiger partial charge in [-0.05, 0) is 55.6 Å². The van der Waals surface area contributed by atoms with E-state index in [0.29, 0.717) is 16.8 Å². The van der Waals surface area contributed by atoms with Crippen LogP contribution in [-0.2, 0) is 11.2 Å². The maximum atomic E-state index is 11.5. The molecule has 1 saturated heterocycles. The van der Waals surface area contributed by atoms with Crippen LogP contribution in [0.25, 0.3) is 20.5 Å². The molecule has 3 aromatic rings. The van der Waals surface area contributed by atoms with E-state index in [2.05, 4.69) is 26.9 Å². The van der Waals surface area contributed by atoms with Crippen molar-refractivity contribution in [3.63, 3.8) is 0 Å². The van der Waals surface area contributed by atoms with Gasteiger partial charge in [0.1, 0.15) is 0 Å². The zero-order chi connectivity index (χ0) is 18.1. The molecule has 2 aromatic heterocycles. The summed E-state index contributed by atoms with van der Waals surface area (Å²) in [5.74, 6) is 0.971. The topological polar surface area (TPSA) is 66.9 Å². The number of aromatic nitrogens is 2. The highest BCUT2D eigenvalue weighted by Crippen LogP contribution is 2.38. The molecule has 1 aliphatic rings.